The highest BCUT2D eigenvalue weighted by atomic mass is 35.5. The van der Waals surface area contributed by atoms with E-state index in [1.165, 1.54) is 6.07 Å². The van der Waals surface area contributed by atoms with Crippen LogP contribution in [0.2, 0.25) is 5.02 Å². The summed E-state index contributed by atoms with van der Waals surface area (Å²) in [5.74, 6) is 0.696. The first kappa shape index (κ1) is 17.4. The summed E-state index contributed by atoms with van der Waals surface area (Å²) in [7, 11) is 0. The smallest absolute Gasteiger partial charge is 0.371 e. The van der Waals surface area contributed by atoms with Crippen LogP contribution in [-0.4, -0.2) is 17.7 Å². The van der Waals surface area contributed by atoms with Gasteiger partial charge < -0.3 is 14.3 Å². The summed E-state index contributed by atoms with van der Waals surface area (Å²) in [6.45, 7) is 4.95. The molecule has 1 aromatic carbocycles. The molecule has 0 radical (unpaired) electrons. The lowest BCUT2D eigenvalue weighted by molar-refractivity contribution is 0.0660. The second-order valence-electron chi connectivity index (χ2n) is 5.49. The first-order chi connectivity index (χ1) is 11.0. The van der Waals surface area contributed by atoms with E-state index in [1.807, 2.05) is 12.1 Å². The standard InChI is InChI=1S/C18H21ClO4/c1-3-12(4-2)11-22-16-7-5-14(19)9-13(16)10-15-6-8-17(23-15)18(20)21/h5-9,12H,3-4,10-11H2,1-2H3,(H,20,21). The fourth-order valence-electron chi connectivity index (χ4n) is 2.33. The second kappa shape index (κ2) is 8.06. The zero-order chi connectivity index (χ0) is 16.8. The molecule has 2 rings (SSSR count). The third-order valence-corrected chi connectivity index (χ3v) is 4.12. The van der Waals surface area contributed by atoms with E-state index in [1.54, 1.807) is 12.1 Å². The van der Waals surface area contributed by atoms with Crippen molar-refractivity contribution in [1.29, 1.82) is 0 Å². The highest BCUT2D eigenvalue weighted by Crippen LogP contribution is 2.27. The maximum absolute atomic E-state index is 10.9. The number of benzene rings is 1. The summed E-state index contributed by atoms with van der Waals surface area (Å²) in [5.41, 5.74) is 0.884. The molecule has 1 heterocycles. The zero-order valence-electron chi connectivity index (χ0n) is 13.3. The molecule has 1 aromatic heterocycles. The van der Waals surface area contributed by atoms with Crippen LogP contribution in [-0.2, 0) is 6.42 Å². The number of aromatic carboxylic acids is 1. The molecule has 5 heteroatoms. The van der Waals surface area contributed by atoms with Gasteiger partial charge in [-0.15, -0.1) is 0 Å². The molecule has 4 nitrogen and oxygen atoms in total. The lowest BCUT2D eigenvalue weighted by atomic mass is 10.1. The molecule has 0 aliphatic heterocycles. The Morgan fingerprint density at radius 1 is 1.26 bits per heavy atom. The second-order valence-corrected chi connectivity index (χ2v) is 5.93. The Morgan fingerprint density at radius 3 is 2.61 bits per heavy atom. The largest absolute Gasteiger partial charge is 0.493 e. The molecular formula is C18H21ClO4. The fraction of sp³-hybridized carbons (Fsp3) is 0.389. The molecule has 0 atom stereocenters. The van der Waals surface area contributed by atoms with Crippen molar-refractivity contribution in [2.45, 2.75) is 33.1 Å². The Hall–Kier alpha value is -1.94. The van der Waals surface area contributed by atoms with Gasteiger partial charge >= 0.3 is 5.97 Å². The van der Waals surface area contributed by atoms with Crippen LogP contribution in [0.1, 0.15) is 48.6 Å². The number of carboxylic acids is 1. The Bertz CT molecular complexity index is 659. The van der Waals surface area contributed by atoms with Crippen LogP contribution < -0.4 is 4.74 Å². The van der Waals surface area contributed by atoms with E-state index < -0.39 is 5.97 Å². The Labute approximate surface area is 141 Å². The molecule has 0 saturated heterocycles. The van der Waals surface area contributed by atoms with Gasteiger partial charge in [0.2, 0.25) is 5.76 Å². The molecule has 0 aliphatic rings. The quantitative estimate of drug-likeness (QED) is 0.733. The SMILES string of the molecule is CCC(CC)COc1ccc(Cl)cc1Cc1ccc(C(=O)O)o1. The van der Waals surface area contributed by atoms with E-state index in [0.717, 1.165) is 24.2 Å². The summed E-state index contributed by atoms with van der Waals surface area (Å²) >= 11 is 6.08. The van der Waals surface area contributed by atoms with Crippen LogP contribution in [0.15, 0.2) is 34.7 Å². The summed E-state index contributed by atoms with van der Waals surface area (Å²) < 4.78 is 11.3. The van der Waals surface area contributed by atoms with Crippen molar-refractivity contribution in [3.05, 3.63) is 52.4 Å². The molecule has 0 spiro atoms. The number of hydrogen-bond donors (Lipinski definition) is 1. The Morgan fingerprint density at radius 2 is 2.00 bits per heavy atom. The lowest BCUT2D eigenvalue weighted by Gasteiger charge is -2.16. The third kappa shape index (κ3) is 4.76. The van der Waals surface area contributed by atoms with Crippen molar-refractivity contribution in [2.24, 2.45) is 5.92 Å². The predicted molar refractivity (Wildman–Crippen MR) is 89.5 cm³/mol. The van der Waals surface area contributed by atoms with Crippen molar-refractivity contribution in [1.82, 2.24) is 0 Å². The lowest BCUT2D eigenvalue weighted by Crippen LogP contribution is -2.11. The number of ether oxygens (including phenoxy) is 1. The highest BCUT2D eigenvalue weighted by molar-refractivity contribution is 6.30. The van der Waals surface area contributed by atoms with Crippen LogP contribution in [0.5, 0.6) is 5.75 Å². The topological polar surface area (TPSA) is 59.7 Å². The third-order valence-electron chi connectivity index (χ3n) is 3.89. The van der Waals surface area contributed by atoms with E-state index in [9.17, 15) is 4.79 Å². The number of hydrogen-bond acceptors (Lipinski definition) is 3. The zero-order valence-corrected chi connectivity index (χ0v) is 14.1. The average molecular weight is 337 g/mol. The summed E-state index contributed by atoms with van der Waals surface area (Å²) in [6, 6.07) is 8.58. The summed E-state index contributed by atoms with van der Waals surface area (Å²) in [5, 5.41) is 9.53. The maximum atomic E-state index is 10.9. The fourth-order valence-corrected chi connectivity index (χ4v) is 2.53. The number of carbonyl (C=O) groups is 1. The molecule has 124 valence electrons. The number of halogens is 1. The van der Waals surface area contributed by atoms with Gasteiger partial charge in [-0.25, -0.2) is 4.79 Å². The van der Waals surface area contributed by atoms with Crippen LogP contribution in [0.4, 0.5) is 0 Å². The molecule has 0 amide bonds. The Balaban J connectivity index is 2.15. The van der Waals surface area contributed by atoms with Gasteiger partial charge in [-0.05, 0) is 36.2 Å². The minimum absolute atomic E-state index is 0.0680. The van der Waals surface area contributed by atoms with Crippen LogP contribution in [0, 0.1) is 5.92 Å². The van der Waals surface area contributed by atoms with Gasteiger partial charge in [-0.3, -0.25) is 0 Å². The molecule has 0 bridgehead atoms. The summed E-state index contributed by atoms with van der Waals surface area (Å²) in [4.78, 5) is 10.9. The minimum atomic E-state index is -1.08. The number of rotatable bonds is 8. The van der Waals surface area contributed by atoms with E-state index in [4.69, 9.17) is 25.9 Å². The van der Waals surface area contributed by atoms with E-state index in [0.29, 0.717) is 29.7 Å². The number of carboxylic acid groups (broad SMARTS) is 1. The molecule has 0 aliphatic carbocycles. The van der Waals surface area contributed by atoms with Gasteiger partial charge in [0.15, 0.2) is 0 Å². The van der Waals surface area contributed by atoms with Crippen molar-refractivity contribution in [2.75, 3.05) is 6.61 Å². The minimum Gasteiger partial charge on any atom is -0.493 e. The Kier molecular flexibility index (Phi) is 6.11. The normalized spacial score (nSPS) is 11.0. The first-order valence-corrected chi connectivity index (χ1v) is 8.14. The number of furan rings is 1. The molecule has 1 N–H and O–H groups in total. The van der Waals surface area contributed by atoms with Gasteiger partial charge in [-0.1, -0.05) is 38.3 Å². The molecule has 2 aromatic rings. The van der Waals surface area contributed by atoms with Gasteiger partial charge in [0.25, 0.3) is 0 Å². The summed E-state index contributed by atoms with van der Waals surface area (Å²) in [6.07, 6.45) is 2.57. The molecule has 0 unspecified atom stereocenters. The van der Waals surface area contributed by atoms with Gasteiger partial charge in [-0.2, -0.15) is 0 Å². The van der Waals surface area contributed by atoms with E-state index in [-0.39, 0.29) is 5.76 Å². The van der Waals surface area contributed by atoms with Gasteiger partial charge in [0.05, 0.1) is 6.61 Å². The molecule has 0 saturated carbocycles. The van der Waals surface area contributed by atoms with E-state index in [2.05, 4.69) is 13.8 Å². The first-order valence-electron chi connectivity index (χ1n) is 7.76. The molecule has 23 heavy (non-hydrogen) atoms. The highest BCUT2D eigenvalue weighted by Gasteiger charge is 2.13. The monoisotopic (exact) mass is 336 g/mol. The van der Waals surface area contributed by atoms with Gasteiger partial charge in [0.1, 0.15) is 11.5 Å². The van der Waals surface area contributed by atoms with Gasteiger partial charge in [0, 0.05) is 17.0 Å². The van der Waals surface area contributed by atoms with Crippen LogP contribution in [0.3, 0.4) is 0 Å². The molecular weight excluding hydrogens is 316 g/mol. The molecule has 0 fully saturated rings. The van der Waals surface area contributed by atoms with Crippen LogP contribution in [0.25, 0.3) is 0 Å². The van der Waals surface area contributed by atoms with Crippen molar-refractivity contribution in [3.63, 3.8) is 0 Å². The predicted octanol–water partition coefficient (Wildman–Crippen LogP) is 5.04. The van der Waals surface area contributed by atoms with Crippen LogP contribution >= 0.6 is 11.6 Å². The van der Waals surface area contributed by atoms with E-state index >= 15 is 0 Å². The maximum Gasteiger partial charge on any atom is 0.371 e. The average Bonchev–Trinajstić information content (AvgIpc) is 2.99. The van der Waals surface area contributed by atoms with Crippen molar-refractivity contribution in [3.8, 4) is 5.75 Å². The van der Waals surface area contributed by atoms with Crippen molar-refractivity contribution < 1.29 is 19.1 Å². The van der Waals surface area contributed by atoms with Crippen molar-refractivity contribution >= 4 is 17.6 Å².